The van der Waals surface area contributed by atoms with Crippen LogP contribution in [0.4, 0.5) is 19.0 Å². The second-order valence-corrected chi connectivity index (χ2v) is 7.60. The molecule has 0 bridgehead atoms. The van der Waals surface area contributed by atoms with Crippen molar-refractivity contribution in [3.05, 3.63) is 53.2 Å². The molecule has 0 saturated heterocycles. The summed E-state index contributed by atoms with van der Waals surface area (Å²) in [5.41, 5.74) is 1.98. The minimum absolute atomic E-state index is 0.0653. The summed E-state index contributed by atoms with van der Waals surface area (Å²) in [5, 5.41) is 12.0. The van der Waals surface area contributed by atoms with Crippen LogP contribution in [-0.4, -0.2) is 53.2 Å². The smallest absolute Gasteiger partial charge is 0.406 e. The maximum Gasteiger partial charge on any atom is 0.406 e. The van der Waals surface area contributed by atoms with E-state index in [9.17, 15) is 22.8 Å². The quantitative estimate of drug-likeness (QED) is 0.640. The van der Waals surface area contributed by atoms with Gasteiger partial charge in [0.15, 0.2) is 0 Å². The van der Waals surface area contributed by atoms with Crippen molar-refractivity contribution in [3.63, 3.8) is 0 Å². The number of carboxylic acid groups (broad SMARTS) is 1. The van der Waals surface area contributed by atoms with Gasteiger partial charge in [-0.3, -0.25) is 9.59 Å². The molecule has 10 heteroatoms. The number of rotatable bonds is 8. The molecule has 2 heterocycles. The number of carbonyl (C=O) groups excluding carboxylic acids is 1. The number of benzene rings is 1. The van der Waals surface area contributed by atoms with Crippen molar-refractivity contribution in [1.29, 1.82) is 0 Å². The molecule has 0 spiro atoms. The van der Waals surface area contributed by atoms with Gasteiger partial charge in [0, 0.05) is 25.7 Å². The van der Waals surface area contributed by atoms with Gasteiger partial charge in [-0.25, -0.2) is 4.98 Å². The molecule has 1 amide bonds. The standard InChI is InChI=1S/C22H24F3N3O4/c1-26-19-4-2-3-17(27-19)7-8-32-18-6-5-14-9-15(11-20(29)30)21(31)28(12-16(14)10-18)13-22(23,24)25/h2-6,10,15H,7-9,11-13H2,1H3,(H,26,27)(H,29,30). The summed E-state index contributed by atoms with van der Waals surface area (Å²) in [6.45, 7) is -1.38. The third-order valence-electron chi connectivity index (χ3n) is 5.15. The summed E-state index contributed by atoms with van der Waals surface area (Å²) >= 11 is 0. The van der Waals surface area contributed by atoms with E-state index in [-0.39, 0.29) is 13.0 Å². The number of amides is 1. The molecule has 172 valence electrons. The fraction of sp³-hybridized carbons (Fsp3) is 0.409. The van der Waals surface area contributed by atoms with Gasteiger partial charge in [-0.15, -0.1) is 0 Å². The minimum atomic E-state index is -4.59. The number of nitrogens with one attached hydrogen (secondary N) is 1. The summed E-state index contributed by atoms with van der Waals surface area (Å²) in [6, 6.07) is 10.6. The lowest BCUT2D eigenvalue weighted by Gasteiger charge is -2.25. The lowest BCUT2D eigenvalue weighted by Crippen LogP contribution is -2.41. The molecule has 0 saturated carbocycles. The highest BCUT2D eigenvalue weighted by atomic mass is 19.4. The molecule has 2 aromatic rings. The van der Waals surface area contributed by atoms with Crippen LogP contribution in [0.1, 0.15) is 23.2 Å². The zero-order valence-electron chi connectivity index (χ0n) is 17.5. The molecule has 0 radical (unpaired) electrons. The summed E-state index contributed by atoms with van der Waals surface area (Å²) in [5.74, 6) is -1.88. The predicted molar refractivity (Wildman–Crippen MR) is 110 cm³/mol. The number of hydrogen-bond donors (Lipinski definition) is 2. The number of aromatic nitrogens is 1. The van der Waals surface area contributed by atoms with Gasteiger partial charge in [0.1, 0.15) is 18.1 Å². The highest BCUT2D eigenvalue weighted by Gasteiger charge is 2.38. The molecule has 1 aromatic heterocycles. The number of aliphatic carboxylic acids is 1. The first-order chi connectivity index (χ1) is 15.1. The molecule has 1 unspecified atom stereocenters. The first-order valence-electron chi connectivity index (χ1n) is 10.1. The molecule has 1 atom stereocenters. The summed E-state index contributed by atoms with van der Waals surface area (Å²) in [6.07, 6.45) is -4.51. The van der Waals surface area contributed by atoms with Gasteiger partial charge in [-0.1, -0.05) is 12.1 Å². The fourth-order valence-electron chi connectivity index (χ4n) is 3.68. The molecule has 3 rings (SSSR count). The number of halogens is 3. The van der Waals surface area contributed by atoms with E-state index in [0.29, 0.717) is 34.8 Å². The van der Waals surface area contributed by atoms with Gasteiger partial charge >= 0.3 is 12.1 Å². The van der Waals surface area contributed by atoms with Crippen LogP contribution in [0, 0.1) is 5.92 Å². The van der Waals surface area contributed by atoms with Crippen molar-refractivity contribution in [2.45, 2.75) is 32.0 Å². The molecule has 32 heavy (non-hydrogen) atoms. The highest BCUT2D eigenvalue weighted by Crippen LogP contribution is 2.30. The van der Waals surface area contributed by atoms with Crippen molar-refractivity contribution >= 4 is 17.7 Å². The average molecular weight is 451 g/mol. The van der Waals surface area contributed by atoms with Crippen LogP contribution >= 0.6 is 0 Å². The van der Waals surface area contributed by atoms with Crippen molar-refractivity contribution in [2.24, 2.45) is 5.92 Å². The van der Waals surface area contributed by atoms with Crippen molar-refractivity contribution < 1.29 is 32.6 Å². The number of nitrogens with zero attached hydrogens (tertiary/aromatic N) is 2. The fourth-order valence-corrected chi connectivity index (χ4v) is 3.68. The third kappa shape index (κ3) is 6.35. The average Bonchev–Trinajstić information content (AvgIpc) is 2.83. The molecular weight excluding hydrogens is 427 g/mol. The molecule has 1 aromatic carbocycles. The molecule has 1 aliphatic heterocycles. The number of fused-ring (bicyclic) bond motifs is 1. The lowest BCUT2D eigenvalue weighted by molar-refractivity contribution is -0.165. The van der Waals surface area contributed by atoms with Gasteiger partial charge in [0.25, 0.3) is 0 Å². The Morgan fingerprint density at radius 3 is 2.75 bits per heavy atom. The van der Waals surface area contributed by atoms with E-state index in [0.717, 1.165) is 11.5 Å². The van der Waals surface area contributed by atoms with Gasteiger partial charge in [0.2, 0.25) is 5.91 Å². The molecule has 0 fully saturated rings. The van der Waals surface area contributed by atoms with Gasteiger partial charge in [-0.05, 0) is 41.8 Å². The number of carbonyl (C=O) groups is 2. The first kappa shape index (κ1) is 23.4. The van der Waals surface area contributed by atoms with Crippen LogP contribution in [0.3, 0.4) is 0 Å². The topological polar surface area (TPSA) is 91.8 Å². The Kier molecular flexibility index (Phi) is 7.22. The lowest BCUT2D eigenvalue weighted by atomic mass is 9.94. The molecule has 2 N–H and O–H groups in total. The van der Waals surface area contributed by atoms with Crippen LogP contribution in [0.25, 0.3) is 0 Å². The monoisotopic (exact) mass is 451 g/mol. The maximum absolute atomic E-state index is 13.0. The SMILES string of the molecule is CNc1cccc(CCOc2ccc3c(c2)CN(CC(F)(F)F)C(=O)C(CC(=O)O)C3)n1. The number of pyridine rings is 1. The zero-order chi connectivity index (χ0) is 23.3. The van der Waals surface area contributed by atoms with Gasteiger partial charge < -0.3 is 20.1 Å². The second-order valence-electron chi connectivity index (χ2n) is 7.60. The molecular formula is C22H24F3N3O4. The van der Waals surface area contributed by atoms with E-state index in [4.69, 9.17) is 9.84 Å². The number of hydrogen-bond acceptors (Lipinski definition) is 5. The molecule has 7 nitrogen and oxygen atoms in total. The van der Waals surface area contributed by atoms with E-state index in [1.807, 2.05) is 18.2 Å². The normalized spacial score (nSPS) is 16.3. The molecule has 0 aliphatic carbocycles. The Bertz CT molecular complexity index is 981. The van der Waals surface area contributed by atoms with E-state index >= 15 is 0 Å². The summed E-state index contributed by atoms with van der Waals surface area (Å²) in [4.78, 5) is 28.8. The highest BCUT2D eigenvalue weighted by molar-refractivity contribution is 5.84. The second kappa shape index (κ2) is 9.88. The number of carboxylic acids is 1. The van der Waals surface area contributed by atoms with Gasteiger partial charge in [-0.2, -0.15) is 13.2 Å². The van der Waals surface area contributed by atoms with Gasteiger partial charge in [0.05, 0.1) is 18.9 Å². The molecule has 1 aliphatic rings. The van der Waals surface area contributed by atoms with Crippen LogP contribution in [-0.2, 0) is 29.0 Å². The Morgan fingerprint density at radius 1 is 1.28 bits per heavy atom. The van der Waals surface area contributed by atoms with E-state index < -0.39 is 36.9 Å². The van der Waals surface area contributed by atoms with Crippen molar-refractivity contribution in [2.75, 3.05) is 25.5 Å². The zero-order valence-corrected chi connectivity index (χ0v) is 17.5. The maximum atomic E-state index is 13.0. The Labute approximate surface area is 183 Å². The van der Waals surface area contributed by atoms with Crippen molar-refractivity contribution in [1.82, 2.24) is 9.88 Å². The first-order valence-corrected chi connectivity index (χ1v) is 10.1. The Balaban J connectivity index is 1.75. The number of ether oxygens (including phenoxy) is 1. The predicted octanol–water partition coefficient (Wildman–Crippen LogP) is 3.28. The Hall–Kier alpha value is -3.30. The number of alkyl halides is 3. The van der Waals surface area contributed by atoms with Crippen LogP contribution in [0.5, 0.6) is 5.75 Å². The van der Waals surface area contributed by atoms with E-state index in [1.54, 1.807) is 25.2 Å². The summed E-state index contributed by atoms with van der Waals surface area (Å²) in [7, 11) is 1.77. The Morgan fingerprint density at radius 2 is 2.06 bits per heavy atom. The van der Waals surface area contributed by atoms with E-state index in [2.05, 4.69) is 10.3 Å². The van der Waals surface area contributed by atoms with Crippen molar-refractivity contribution in [3.8, 4) is 5.75 Å². The summed E-state index contributed by atoms with van der Waals surface area (Å²) < 4.78 is 44.8. The number of anilines is 1. The largest absolute Gasteiger partial charge is 0.493 e. The van der Waals surface area contributed by atoms with Crippen LogP contribution in [0.2, 0.25) is 0 Å². The minimum Gasteiger partial charge on any atom is -0.493 e. The van der Waals surface area contributed by atoms with Crippen LogP contribution in [0.15, 0.2) is 36.4 Å². The van der Waals surface area contributed by atoms with Crippen LogP contribution < -0.4 is 10.1 Å². The van der Waals surface area contributed by atoms with E-state index in [1.165, 1.54) is 0 Å². The third-order valence-corrected chi connectivity index (χ3v) is 5.15.